The maximum atomic E-state index is 13.3. The number of carbonyl (C=O) groups is 1. The quantitative estimate of drug-likeness (QED) is 0.659. The molecule has 2 aromatic heterocycles. The molecule has 26 heavy (non-hydrogen) atoms. The molecular weight excluding hydrogens is 354 g/mol. The number of imidazole rings is 1. The van der Waals surface area contributed by atoms with E-state index in [1.54, 1.807) is 24.5 Å². The Kier molecular flexibility index (Phi) is 5.71. The van der Waals surface area contributed by atoms with E-state index in [1.165, 1.54) is 12.3 Å². The minimum atomic E-state index is -4.74. The molecule has 0 unspecified atom stereocenters. The molecule has 0 bridgehead atoms. The molecule has 0 amide bonds. The van der Waals surface area contributed by atoms with Gasteiger partial charge in [0.25, 0.3) is 5.97 Å². The topological polar surface area (TPSA) is 78.9 Å². The SMILES string of the molecule is CC(=O)O.Fc1ccc(-c2cnc(-c3ccncc3)[nH]2)cc1C(F)(F)F. The molecule has 0 saturated carbocycles. The predicted molar refractivity (Wildman–Crippen MR) is 85.5 cm³/mol. The van der Waals surface area contributed by atoms with Crippen molar-refractivity contribution in [3.8, 4) is 22.6 Å². The average Bonchev–Trinajstić information content (AvgIpc) is 3.04. The van der Waals surface area contributed by atoms with E-state index in [4.69, 9.17) is 9.90 Å². The van der Waals surface area contributed by atoms with Crippen molar-refractivity contribution in [2.45, 2.75) is 13.1 Å². The van der Waals surface area contributed by atoms with Crippen LogP contribution in [0.5, 0.6) is 0 Å². The number of aromatic amines is 1. The van der Waals surface area contributed by atoms with Crippen LogP contribution in [0, 0.1) is 5.82 Å². The summed E-state index contributed by atoms with van der Waals surface area (Å²) in [6, 6.07) is 6.27. The summed E-state index contributed by atoms with van der Waals surface area (Å²) >= 11 is 0. The molecule has 3 rings (SSSR count). The van der Waals surface area contributed by atoms with Gasteiger partial charge in [0.05, 0.1) is 17.5 Å². The van der Waals surface area contributed by atoms with E-state index >= 15 is 0 Å². The lowest BCUT2D eigenvalue weighted by Gasteiger charge is -2.09. The molecule has 5 nitrogen and oxygen atoms in total. The van der Waals surface area contributed by atoms with Gasteiger partial charge in [0, 0.05) is 30.4 Å². The Balaban J connectivity index is 0.000000552. The smallest absolute Gasteiger partial charge is 0.419 e. The highest BCUT2D eigenvalue weighted by Crippen LogP contribution is 2.34. The number of benzene rings is 1. The number of nitrogens with zero attached hydrogens (tertiary/aromatic N) is 2. The van der Waals surface area contributed by atoms with Gasteiger partial charge in [-0.15, -0.1) is 0 Å². The lowest BCUT2D eigenvalue weighted by molar-refractivity contribution is -0.140. The van der Waals surface area contributed by atoms with Crippen LogP contribution in [0.4, 0.5) is 17.6 Å². The first-order chi connectivity index (χ1) is 12.2. The van der Waals surface area contributed by atoms with Crippen molar-refractivity contribution in [2.75, 3.05) is 0 Å². The number of hydrogen-bond acceptors (Lipinski definition) is 3. The molecule has 136 valence electrons. The molecule has 2 heterocycles. The maximum absolute atomic E-state index is 13.3. The van der Waals surface area contributed by atoms with Crippen LogP contribution >= 0.6 is 0 Å². The largest absolute Gasteiger partial charge is 0.481 e. The van der Waals surface area contributed by atoms with Crippen molar-refractivity contribution in [3.63, 3.8) is 0 Å². The molecule has 0 aliphatic carbocycles. The number of aliphatic carboxylic acids is 1. The highest BCUT2D eigenvalue weighted by molar-refractivity contribution is 5.65. The van der Waals surface area contributed by atoms with Gasteiger partial charge in [-0.2, -0.15) is 13.2 Å². The van der Waals surface area contributed by atoms with Crippen LogP contribution in [0.15, 0.2) is 48.9 Å². The van der Waals surface area contributed by atoms with E-state index in [-0.39, 0.29) is 5.56 Å². The van der Waals surface area contributed by atoms with Crippen LogP contribution < -0.4 is 0 Å². The number of hydrogen-bond donors (Lipinski definition) is 2. The van der Waals surface area contributed by atoms with Crippen molar-refractivity contribution >= 4 is 5.97 Å². The van der Waals surface area contributed by atoms with Crippen molar-refractivity contribution < 1.29 is 27.5 Å². The number of rotatable bonds is 2. The summed E-state index contributed by atoms with van der Waals surface area (Å²) in [6.45, 7) is 1.08. The van der Waals surface area contributed by atoms with Gasteiger partial charge in [-0.3, -0.25) is 9.78 Å². The first-order valence-corrected chi connectivity index (χ1v) is 7.20. The third-order valence-electron chi connectivity index (χ3n) is 3.11. The van der Waals surface area contributed by atoms with E-state index < -0.39 is 23.5 Å². The number of pyridine rings is 1. The summed E-state index contributed by atoms with van der Waals surface area (Å²) in [5.74, 6) is -1.64. The highest BCUT2D eigenvalue weighted by atomic mass is 19.4. The molecule has 0 atom stereocenters. The summed E-state index contributed by atoms with van der Waals surface area (Å²) in [6.07, 6.45) is -0.175. The second-order valence-corrected chi connectivity index (χ2v) is 5.09. The zero-order valence-electron chi connectivity index (χ0n) is 13.4. The van der Waals surface area contributed by atoms with Crippen LogP contribution in [0.25, 0.3) is 22.6 Å². The number of halogens is 4. The summed E-state index contributed by atoms with van der Waals surface area (Å²) in [4.78, 5) is 19.9. The first-order valence-electron chi connectivity index (χ1n) is 7.20. The maximum Gasteiger partial charge on any atom is 0.419 e. The van der Waals surface area contributed by atoms with Crippen molar-refractivity contribution in [1.82, 2.24) is 15.0 Å². The molecule has 0 aliphatic rings. The van der Waals surface area contributed by atoms with Crippen molar-refractivity contribution in [1.29, 1.82) is 0 Å². The summed E-state index contributed by atoms with van der Waals surface area (Å²) in [7, 11) is 0. The van der Waals surface area contributed by atoms with Crippen molar-refractivity contribution in [3.05, 3.63) is 60.3 Å². The van der Waals surface area contributed by atoms with Crippen LogP contribution in [-0.4, -0.2) is 26.0 Å². The zero-order valence-corrected chi connectivity index (χ0v) is 13.4. The fraction of sp³-hybridized carbons (Fsp3) is 0.118. The van der Waals surface area contributed by atoms with E-state index in [9.17, 15) is 17.6 Å². The van der Waals surface area contributed by atoms with Crippen molar-refractivity contribution in [2.24, 2.45) is 0 Å². The number of alkyl halides is 3. The number of carboxylic acids is 1. The first kappa shape index (κ1) is 19.1. The van der Waals surface area contributed by atoms with Gasteiger partial charge in [-0.05, 0) is 30.3 Å². The van der Waals surface area contributed by atoms with Gasteiger partial charge in [0.15, 0.2) is 0 Å². The molecule has 0 radical (unpaired) electrons. The Hall–Kier alpha value is -3.23. The van der Waals surface area contributed by atoms with Gasteiger partial charge < -0.3 is 10.1 Å². The molecule has 0 saturated heterocycles. The normalized spacial score (nSPS) is 10.8. The summed E-state index contributed by atoms with van der Waals surface area (Å²) in [5.41, 5.74) is 0.0308. The fourth-order valence-corrected chi connectivity index (χ4v) is 2.03. The summed E-state index contributed by atoms with van der Waals surface area (Å²) in [5, 5.41) is 7.42. The van der Waals surface area contributed by atoms with E-state index in [0.29, 0.717) is 11.5 Å². The number of nitrogens with one attached hydrogen (secondary N) is 1. The molecule has 0 spiro atoms. The monoisotopic (exact) mass is 367 g/mol. The average molecular weight is 367 g/mol. The van der Waals surface area contributed by atoms with Gasteiger partial charge in [-0.1, -0.05) is 0 Å². The molecule has 0 fully saturated rings. The van der Waals surface area contributed by atoms with Gasteiger partial charge >= 0.3 is 6.18 Å². The van der Waals surface area contributed by atoms with Crippen LogP contribution in [-0.2, 0) is 11.0 Å². The molecule has 2 N–H and O–H groups in total. The number of carboxylic acid groups (broad SMARTS) is 1. The molecule has 9 heteroatoms. The molecule has 1 aromatic carbocycles. The fourth-order valence-electron chi connectivity index (χ4n) is 2.03. The highest BCUT2D eigenvalue weighted by Gasteiger charge is 2.34. The lowest BCUT2D eigenvalue weighted by atomic mass is 10.1. The Labute approximate surface area is 145 Å². The predicted octanol–water partition coefficient (Wildman–Crippen LogP) is 4.39. The van der Waals surface area contributed by atoms with E-state index in [0.717, 1.165) is 24.6 Å². The number of aromatic nitrogens is 3. The van der Waals surface area contributed by atoms with Gasteiger partial charge in [-0.25, -0.2) is 9.37 Å². The second-order valence-electron chi connectivity index (χ2n) is 5.09. The standard InChI is InChI=1S/C15H9F4N3.C2H4O2/c16-12-2-1-10(7-11(12)15(17,18)19)13-8-21-14(22-13)9-3-5-20-6-4-9;1-2(3)4/h1-8H,(H,21,22);1H3,(H,3,4). The van der Waals surface area contributed by atoms with Gasteiger partial charge in [0.1, 0.15) is 11.6 Å². The second kappa shape index (κ2) is 7.77. The minimum Gasteiger partial charge on any atom is -0.481 e. The zero-order chi connectivity index (χ0) is 19.3. The van der Waals surface area contributed by atoms with E-state index in [2.05, 4.69) is 15.0 Å². The Morgan fingerprint density at radius 2 is 1.73 bits per heavy atom. The third-order valence-corrected chi connectivity index (χ3v) is 3.11. The van der Waals surface area contributed by atoms with E-state index in [1.807, 2.05) is 0 Å². The molecule has 0 aliphatic heterocycles. The lowest BCUT2D eigenvalue weighted by Crippen LogP contribution is -2.08. The Morgan fingerprint density at radius 1 is 1.12 bits per heavy atom. The van der Waals surface area contributed by atoms with Crippen LogP contribution in [0.3, 0.4) is 0 Å². The number of H-pyrrole nitrogens is 1. The summed E-state index contributed by atoms with van der Waals surface area (Å²) < 4.78 is 51.5. The Morgan fingerprint density at radius 3 is 2.31 bits per heavy atom. The molecular formula is C17H13F4N3O2. The van der Waals surface area contributed by atoms with Crippen LogP contribution in [0.2, 0.25) is 0 Å². The van der Waals surface area contributed by atoms with Gasteiger partial charge in [0.2, 0.25) is 0 Å². The third kappa shape index (κ3) is 4.88. The Bertz CT molecular complexity index is 889. The van der Waals surface area contributed by atoms with Crippen LogP contribution in [0.1, 0.15) is 12.5 Å². The molecule has 3 aromatic rings. The minimum absolute atomic E-state index is 0.210.